The summed E-state index contributed by atoms with van der Waals surface area (Å²) < 4.78 is 0. The van der Waals surface area contributed by atoms with Crippen LogP contribution in [0, 0.1) is 0 Å². The standard InChI is InChI=1S/C10H20ClN5O/c1-4-12-10(7-17)14-8(11)13-9(15-10)16(5-2)6-3/h12,17H,4-7H2,1-3H3,(H,13,14,15). The Labute approximate surface area is 107 Å². The number of aliphatic imine (C=N–C) groups is 2. The number of aliphatic hydroxyl groups excluding tert-OH is 1. The van der Waals surface area contributed by atoms with Gasteiger partial charge in [0.25, 0.3) is 0 Å². The van der Waals surface area contributed by atoms with Crippen molar-refractivity contribution in [1.82, 2.24) is 15.5 Å². The lowest BCUT2D eigenvalue weighted by Crippen LogP contribution is -2.55. The molecule has 1 heterocycles. The predicted octanol–water partition coefficient (Wildman–Crippen LogP) is 0.138. The van der Waals surface area contributed by atoms with Gasteiger partial charge in [-0.05, 0) is 32.0 Å². The molecule has 0 aromatic heterocycles. The number of halogens is 1. The predicted molar refractivity (Wildman–Crippen MR) is 70.3 cm³/mol. The molecule has 1 aliphatic heterocycles. The van der Waals surface area contributed by atoms with Crippen LogP contribution < -0.4 is 10.6 Å². The minimum atomic E-state index is -1.06. The van der Waals surface area contributed by atoms with Gasteiger partial charge in [-0.15, -0.1) is 0 Å². The molecule has 1 unspecified atom stereocenters. The zero-order valence-electron chi connectivity index (χ0n) is 10.5. The first-order chi connectivity index (χ1) is 8.10. The first-order valence-corrected chi connectivity index (χ1v) is 6.21. The van der Waals surface area contributed by atoms with Gasteiger partial charge in [0.05, 0.1) is 0 Å². The maximum absolute atomic E-state index is 9.45. The summed E-state index contributed by atoms with van der Waals surface area (Å²) >= 11 is 5.95. The Morgan fingerprint density at radius 2 is 2.00 bits per heavy atom. The summed E-state index contributed by atoms with van der Waals surface area (Å²) in [5.74, 6) is -0.431. The van der Waals surface area contributed by atoms with Crippen molar-refractivity contribution in [3.05, 3.63) is 0 Å². The SMILES string of the molecule is CCNC1(CO)N=C(Cl)NC(N(CC)CC)=N1. The molecule has 1 atom stereocenters. The second kappa shape index (κ2) is 6.18. The number of likely N-dealkylation sites (N-methyl/N-ethyl adjacent to an activating group) is 1. The van der Waals surface area contributed by atoms with Crippen LogP contribution >= 0.6 is 11.6 Å². The van der Waals surface area contributed by atoms with E-state index in [-0.39, 0.29) is 11.9 Å². The molecule has 0 saturated heterocycles. The third-order valence-electron chi connectivity index (χ3n) is 2.53. The Hall–Kier alpha value is -0.850. The van der Waals surface area contributed by atoms with E-state index in [4.69, 9.17) is 11.6 Å². The van der Waals surface area contributed by atoms with Gasteiger partial charge in [0, 0.05) is 13.1 Å². The van der Waals surface area contributed by atoms with E-state index in [1.54, 1.807) is 0 Å². The lowest BCUT2D eigenvalue weighted by atomic mass is 10.3. The highest BCUT2D eigenvalue weighted by Crippen LogP contribution is 2.14. The number of aliphatic hydroxyl groups is 1. The molecule has 0 saturated carbocycles. The van der Waals surface area contributed by atoms with Crippen LogP contribution in [-0.4, -0.2) is 53.3 Å². The zero-order valence-corrected chi connectivity index (χ0v) is 11.3. The van der Waals surface area contributed by atoms with Gasteiger partial charge in [-0.25, -0.2) is 9.98 Å². The summed E-state index contributed by atoms with van der Waals surface area (Å²) in [5, 5.41) is 15.6. The summed E-state index contributed by atoms with van der Waals surface area (Å²) in [5.41, 5.74) is 0. The molecule has 17 heavy (non-hydrogen) atoms. The summed E-state index contributed by atoms with van der Waals surface area (Å²) in [6, 6.07) is 0. The summed E-state index contributed by atoms with van der Waals surface area (Å²) in [4.78, 5) is 10.5. The highest BCUT2D eigenvalue weighted by molar-refractivity contribution is 6.66. The van der Waals surface area contributed by atoms with E-state index in [1.165, 1.54) is 0 Å². The normalized spacial score (nSPS) is 23.8. The van der Waals surface area contributed by atoms with Crippen molar-refractivity contribution < 1.29 is 5.11 Å². The zero-order chi connectivity index (χ0) is 12.9. The van der Waals surface area contributed by atoms with Gasteiger partial charge in [0.15, 0.2) is 0 Å². The second-order valence-electron chi connectivity index (χ2n) is 3.64. The van der Waals surface area contributed by atoms with Crippen LogP contribution in [0.4, 0.5) is 0 Å². The van der Waals surface area contributed by atoms with Crippen LogP contribution in [0.15, 0.2) is 9.98 Å². The number of hydrogen-bond acceptors (Lipinski definition) is 6. The number of hydrogen-bond donors (Lipinski definition) is 3. The van der Waals surface area contributed by atoms with Crippen molar-refractivity contribution in [1.29, 1.82) is 0 Å². The first-order valence-electron chi connectivity index (χ1n) is 5.83. The summed E-state index contributed by atoms with van der Waals surface area (Å²) in [6.45, 7) is 8.00. The number of nitrogens with one attached hydrogen (secondary N) is 2. The molecule has 0 bridgehead atoms. The van der Waals surface area contributed by atoms with Crippen LogP contribution in [0.2, 0.25) is 0 Å². The molecule has 0 aromatic carbocycles. The Morgan fingerprint density at radius 3 is 2.47 bits per heavy atom. The summed E-state index contributed by atoms with van der Waals surface area (Å²) in [6.07, 6.45) is 0. The molecule has 0 amide bonds. The van der Waals surface area contributed by atoms with E-state index in [9.17, 15) is 5.11 Å². The minimum Gasteiger partial charge on any atom is -0.390 e. The fourth-order valence-corrected chi connectivity index (χ4v) is 1.90. The highest BCUT2D eigenvalue weighted by atomic mass is 35.5. The molecule has 0 radical (unpaired) electrons. The number of rotatable bonds is 5. The molecule has 0 fully saturated rings. The lowest BCUT2D eigenvalue weighted by Gasteiger charge is -2.33. The molecule has 0 spiro atoms. The van der Waals surface area contributed by atoms with Crippen molar-refractivity contribution in [2.75, 3.05) is 26.2 Å². The molecule has 0 aliphatic carbocycles. The average Bonchev–Trinajstić information content (AvgIpc) is 2.30. The fraction of sp³-hybridized carbons (Fsp3) is 0.800. The van der Waals surface area contributed by atoms with Crippen LogP contribution in [-0.2, 0) is 0 Å². The van der Waals surface area contributed by atoms with Crippen LogP contribution in [0.25, 0.3) is 0 Å². The van der Waals surface area contributed by atoms with Gasteiger partial charge < -0.3 is 15.3 Å². The van der Waals surface area contributed by atoms with Crippen molar-refractivity contribution in [2.45, 2.75) is 26.6 Å². The highest BCUT2D eigenvalue weighted by Gasteiger charge is 2.32. The number of nitrogens with zero attached hydrogens (tertiary/aromatic N) is 3. The van der Waals surface area contributed by atoms with Crippen molar-refractivity contribution in [2.24, 2.45) is 9.98 Å². The van der Waals surface area contributed by atoms with E-state index < -0.39 is 5.79 Å². The monoisotopic (exact) mass is 261 g/mol. The Kier molecular flexibility index (Phi) is 5.17. The van der Waals surface area contributed by atoms with Gasteiger partial charge in [0.2, 0.25) is 17.0 Å². The van der Waals surface area contributed by atoms with E-state index in [0.717, 1.165) is 13.1 Å². The second-order valence-corrected chi connectivity index (χ2v) is 4.00. The third-order valence-corrected chi connectivity index (χ3v) is 2.71. The quantitative estimate of drug-likeness (QED) is 0.616. The lowest BCUT2D eigenvalue weighted by molar-refractivity contribution is 0.172. The topological polar surface area (TPSA) is 72.2 Å². The van der Waals surface area contributed by atoms with E-state index >= 15 is 0 Å². The van der Waals surface area contributed by atoms with Gasteiger partial charge in [0.1, 0.15) is 6.61 Å². The molecule has 1 aliphatic rings. The Balaban J connectivity index is 3.00. The molecule has 98 valence electrons. The Morgan fingerprint density at radius 1 is 1.35 bits per heavy atom. The van der Waals surface area contributed by atoms with Crippen LogP contribution in [0.5, 0.6) is 0 Å². The Bertz CT molecular complexity index is 316. The molecular formula is C10H20ClN5O. The number of amidine groups is 1. The third kappa shape index (κ3) is 3.31. The molecule has 7 heteroatoms. The smallest absolute Gasteiger partial charge is 0.234 e. The molecule has 6 nitrogen and oxygen atoms in total. The molecule has 3 N–H and O–H groups in total. The molecule has 0 aromatic rings. The van der Waals surface area contributed by atoms with Gasteiger partial charge >= 0.3 is 0 Å². The first kappa shape index (κ1) is 14.2. The van der Waals surface area contributed by atoms with Crippen LogP contribution in [0.1, 0.15) is 20.8 Å². The van der Waals surface area contributed by atoms with E-state index in [2.05, 4.69) is 20.6 Å². The number of guanidine groups is 1. The van der Waals surface area contributed by atoms with Gasteiger partial charge in [-0.1, -0.05) is 6.92 Å². The van der Waals surface area contributed by atoms with Gasteiger partial charge in [-0.3, -0.25) is 5.32 Å². The maximum Gasteiger partial charge on any atom is 0.234 e. The summed E-state index contributed by atoms with van der Waals surface area (Å²) in [7, 11) is 0. The maximum atomic E-state index is 9.45. The van der Waals surface area contributed by atoms with Crippen molar-refractivity contribution >= 4 is 22.9 Å². The molecule has 1 rings (SSSR count). The minimum absolute atomic E-state index is 0.233. The van der Waals surface area contributed by atoms with Crippen molar-refractivity contribution in [3.63, 3.8) is 0 Å². The van der Waals surface area contributed by atoms with E-state index in [1.807, 2.05) is 25.7 Å². The molecular weight excluding hydrogens is 242 g/mol. The largest absolute Gasteiger partial charge is 0.390 e. The fourth-order valence-electron chi connectivity index (χ4n) is 1.67. The van der Waals surface area contributed by atoms with Crippen LogP contribution in [0.3, 0.4) is 0 Å². The van der Waals surface area contributed by atoms with E-state index in [0.29, 0.717) is 12.5 Å². The van der Waals surface area contributed by atoms with Crippen molar-refractivity contribution in [3.8, 4) is 0 Å². The average molecular weight is 262 g/mol. The van der Waals surface area contributed by atoms with Gasteiger partial charge in [-0.2, -0.15) is 0 Å².